The summed E-state index contributed by atoms with van der Waals surface area (Å²) in [5.41, 5.74) is 1.46. The van der Waals surface area contributed by atoms with Gasteiger partial charge in [0.05, 0.1) is 7.11 Å². The molecule has 3 aromatic rings. The number of nitrogens with one attached hydrogen (secondary N) is 1. The Hall–Kier alpha value is -3.35. The summed E-state index contributed by atoms with van der Waals surface area (Å²) in [5.74, 6) is 2.01. The summed E-state index contributed by atoms with van der Waals surface area (Å²) < 4.78 is 15.5. The number of ether oxygens (including phenoxy) is 2. The number of nitrogens with zero attached hydrogens (tertiary/aromatic N) is 2. The number of amides is 1. The van der Waals surface area contributed by atoms with Gasteiger partial charge in [0.2, 0.25) is 11.7 Å². The van der Waals surface area contributed by atoms with Crippen LogP contribution >= 0.6 is 0 Å². The van der Waals surface area contributed by atoms with E-state index < -0.39 is 0 Å². The average Bonchev–Trinajstić information content (AvgIpc) is 3.07. The Balaban J connectivity index is 1.55. The van der Waals surface area contributed by atoms with Gasteiger partial charge in [-0.1, -0.05) is 11.2 Å². The van der Waals surface area contributed by atoms with E-state index in [4.69, 9.17) is 14.0 Å². The molecule has 1 aromatic heterocycles. The van der Waals surface area contributed by atoms with Crippen molar-refractivity contribution in [3.05, 3.63) is 54.4 Å². The fraction of sp³-hybridized carbons (Fsp3) is 0.167. The van der Waals surface area contributed by atoms with Crippen molar-refractivity contribution in [1.82, 2.24) is 10.1 Å². The van der Waals surface area contributed by atoms with Crippen LogP contribution in [0.3, 0.4) is 0 Å². The first-order chi connectivity index (χ1) is 12.1. The summed E-state index contributed by atoms with van der Waals surface area (Å²) in [7, 11) is 1.57. The van der Waals surface area contributed by atoms with Gasteiger partial charge in [-0.2, -0.15) is 4.98 Å². The molecule has 7 heteroatoms. The molecule has 0 saturated carbocycles. The Labute approximate surface area is 144 Å². The second-order valence-corrected chi connectivity index (χ2v) is 5.23. The average molecular weight is 339 g/mol. The fourth-order valence-corrected chi connectivity index (χ4v) is 2.16. The predicted octanol–water partition coefficient (Wildman–Crippen LogP) is 3.07. The van der Waals surface area contributed by atoms with Gasteiger partial charge in [-0.3, -0.25) is 4.79 Å². The molecule has 0 aliphatic rings. The number of aryl methyl sites for hydroxylation is 1. The molecule has 2 aromatic carbocycles. The largest absolute Gasteiger partial charge is 0.497 e. The van der Waals surface area contributed by atoms with Gasteiger partial charge in [-0.25, -0.2) is 0 Å². The SMILES string of the molecule is COc1cccc(NC(=O)COc2ccc(-c3noc(C)n3)cc2)c1. The van der Waals surface area contributed by atoms with Crippen molar-refractivity contribution in [3.63, 3.8) is 0 Å². The lowest BCUT2D eigenvalue weighted by Crippen LogP contribution is -2.20. The zero-order valence-corrected chi connectivity index (χ0v) is 13.9. The van der Waals surface area contributed by atoms with E-state index in [1.807, 2.05) is 0 Å². The zero-order valence-electron chi connectivity index (χ0n) is 13.9. The van der Waals surface area contributed by atoms with Gasteiger partial charge in [-0.15, -0.1) is 0 Å². The fourth-order valence-electron chi connectivity index (χ4n) is 2.16. The maximum absolute atomic E-state index is 12.0. The van der Waals surface area contributed by atoms with Gasteiger partial charge in [0.1, 0.15) is 11.5 Å². The summed E-state index contributed by atoms with van der Waals surface area (Å²) in [5, 5.41) is 6.60. The monoisotopic (exact) mass is 339 g/mol. The van der Waals surface area contributed by atoms with Crippen LogP contribution in [0.25, 0.3) is 11.4 Å². The molecule has 3 rings (SSSR count). The Bertz CT molecular complexity index is 859. The molecule has 128 valence electrons. The number of hydrogen-bond donors (Lipinski definition) is 1. The van der Waals surface area contributed by atoms with Crippen LogP contribution in [0.4, 0.5) is 5.69 Å². The van der Waals surface area contributed by atoms with Crippen molar-refractivity contribution in [1.29, 1.82) is 0 Å². The Kier molecular flexibility index (Phi) is 4.94. The first-order valence-electron chi connectivity index (χ1n) is 7.61. The summed E-state index contributed by atoms with van der Waals surface area (Å²) in [6.45, 7) is 1.63. The molecule has 7 nitrogen and oxygen atoms in total. The molecule has 0 bridgehead atoms. The standard InChI is InChI=1S/C18H17N3O4/c1-12-19-18(21-25-12)13-6-8-15(9-7-13)24-11-17(22)20-14-4-3-5-16(10-14)23-2/h3-10H,11H2,1-2H3,(H,20,22). The van der Waals surface area contributed by atoms with Gasteiger partial charge >= 0.3 is 0 Å². The van der Waals surface area contributed by atoms with Gasteiger partial charge in [0.15, 0.2) is 6.61 Å². The lowest BCUT2D eigenvalue weighted by atomic mass is 10.2. The maximum Gasteiger partial charge on any atom is 0.262 e. The first-order valence-corrected chi connectivity index (χ1v) is 7.61. The van der Waals surface area contributed by atoms with E-state index in [0.29, 0.717) is 28.9 Å². The van der Waals surface area contributed by atoms with Crippen LogP contribution in [0, 0.1) is 6.92 Å². The van der Waals surface area contributed by atoms with Crippen molar-refractivity contribution in [2.45, 2.75) is 6.92 Å². The third-order valence-electron chi connectivity index (χ3n) is 3.36. The molecular formula is C18H17N3O4. The molecule has 0 unspecified atom stereocenters. The molecule has 0 radical (unpaired) electrons. The minimum absolute atomic E-state index is 0.0993. The number of carbonyl (C=O) groups is 1. The number of rotatable bonds is 6. The molecule has 0 atom stereocenters. The van der Waals surface area contributed by atoms with Crippen molar-refractivity contribution < 1.29 is 18.8 Å². The number of anilines is 1. The third-order valence-corrected chi connectivity index (χ3v) is 3.36. The van der Waals surface area contributed by atoms with Crippen molar-refractivity contribution in [3.8, 4) is 22.9 Å². The Morgan fingerprint density at radius 3 is 2.64 bits per heavy atom. The highest BCUT2D eigenvalue weighted by Crippen LogP contribution is 2.20. The van der Waals surface area contributed by atoms with E-state index in [1.165, 1.54) is 0 Å². The summed E-state index contributed by atoms with van der Waals surface area (Å²) >= 11 is 0. The minimum atomic E-state index is -0.258. The highest BCUT2D eigenvalue weighted by molar-refractivity contribution is 5.92. The topological polar surface area (TPSA) is 86.5 Å². The van der Waals surface area contributed by atoms with E-state index in [9.17, 15) is 4.79 Å². The van der Waals surface area contributed by atoms with Gasteiger partial charge in [0, 0.05) is 24.2 Å². The van der Waals surface area contributed by atoms with Crippen LogP contribution in [-0.4, -0.2) is 29.8 Å². The zero-order chi connectivity index (χ0) is 17.6. The van der Waals surface area contributed by atoms with Gasteiger partial charge < -0.3 is 19.3 Å². The second-order valence-electron chi connectivity index (χ2n) is 5.23. The van der Waals surface area contributed by atoms with Crippen LogP contribution in [0.5, 0.6) is 11.5 Å². The molecule has 1 amide bonds. The third kappa shape index (κ3) is 4.35. The van der Waals surface area contributed by atoms with Crippen LogP contribution in [0.2, 0.25) is 0 Å². The highest BCUT2D eigenvalue weighted by atomic mass is 16.5. The quantitative estimate of drug-likeness (QED) is 0.743. The molecular weight excluding hydrogens is 322 g/mol. The smallest absolute Gasteiger partial charge is 0.262 e. The molecule has 25 heavy (non-hydrogen) atoms. The van der Waals surface area contributed by atoms with Gasteiger partial charge in [0.25, 0.3) is 5.91 Å². The number of benzene rings is 2. The molecule has 0 aliphatic carbocycles. The minimum Gasteiger partial charge on any atom is -0.497 e. The normalized spacial score (nSPS) is 10.3. The molecule has 0 spiro atoms. The molecule has 1 N–H and O–H groups in total. The van der Waals surface area contributed by atoms with E-state index in [-0.39, 0.29) is 12.5 Å². The van der Waals surface area contributed by atoms with Crippen LogP contribution in [0.1, 0.15) is 5.89 Å². The highest BCUT2D eigenvalue weighted by Gasteiger charge is 2.07. The van der Waals surface area contributed by atoms with Crippen LogP contribution < -0.4 is 14.8 Å². The summed E-state index contributed by atoms with van der Waals surface area (Å²) in [4.78, 5) is 16.1. The summed E-state index contributed by atoms with van der Waals surface area (Å²) in [6, 6.07) is 14.2. The van der Waals surface area contributed by atoms with E-state index in [2.05, 4.69) is 15.5 Å². The van der Waals surface area contributed by atoms with E-state index in [0.717, 1.165) is 5.56 Å². The number of methoxy groups -OCH3 is 1. The van der Waals surface area contributed by atoms with Crippen molar-refractivity contribution >= 4 is 11.6 Å². The van der Waals surface area contributed by atoms with Crippen LogP contribution in [-0.2, 0) is 4.79 Å². The predicted molar refractivity (Wildman–Crippen MR) is 91.6 cm³/mol. The van der Waals surface area contributed by atoms with E-state index >= 15 is 0 Å². The van der Waals surface area contributed by atoms with Gasteiger partial charge in [-0.05, 0) is 36.4 Å². The maximum atomic E-state index is 12.0. The molecule has 1 heterocycles. The Morgan fingerprint density at radius 2 is 1.96 bits per heavy atom. The lowest BCUT2D eigenvalue weighted by molar-refractivity contribution is -0.118. The van der Waals surface area contributed by atoms with E-state index in [1.54, 1.807) is 62.6 Å². The molecule has 0 saturated heterocycles. The number of aromatic nitrogens is 2. The molecule has 0 fully saturated rings. The second kappa shape index (κ2) is 7.48. The molecule has 0 aliphatic heterocycles. The van der Waals surface area contributed by atoms with Crippen LogP contribution in [0.15, 0.2) is 53.1 Å². The Morgan fingerprint density at radius 1 is 1.16 bits per heavy atom. The lowest BCUT2D eigenvalue weighted by Gasteiger charge is -2.08. The van der Waals surface area contributed by atoms with Crippen molar-refractivity contribution in [2.24, 2.45) is 0 Å². The number of carbonyl (C=O) groups excluding carboxylic acids is 1. The first kappa shape index (κ1) is 16.5. The van der Waals surface area contributed by atoms with Crippen molar-refractivity contribution in [2.75, 3.05) is 19.0 Å². The number of hydrogen-bond acceptors (Lipinski definition) is 6. The summed E-state index contributed by atoms with van der Waals surface area (Å²) in [6.07, 6.45) is 0.